The Kier molecular flexibility index (Phi) is 8.56. The first-order valence-corrected chi connectivity index (χ1v) is 20.3. The Morgan fingerprint density at radius 1 is 0.220 bits per heavy atom. The number of hydrogen-bond donors (Lipinski definition) is 0. The molecule has 0 amide bonds. The van der Waals surface area contributed by atoms with Crippen molar-refractivity contribution in [1.82, 2.24) is 4.57 Å². The van der Waals surface area contributed by atoms with Crippen molar-refractivity contribution >= 4 is 32.3 Å². The molecule has 59 heavy (non-hydrogen) atoms. The highest BCUT2D eigenvalue weighted by atomic mass is 15.0. The lowest BCUT2D eigenvalue weighted by Gasteiger charge is -2.21. The van der Waals surface area contributed by atoms with Crippen LogP contribution in [0.5, 0.6) is 0 Å². The topological polar surface area (TPSA) is 4.93 Å². The van der Waals surface area contributed by atoms with Crippen LogP contribution in [0.3, 0.4) is 0 Å². The van der Waals surface area contributed by atoms with Gasteiger partial charge in [-0.05, 0) is 136 Å². The molecule has 11 aromatic rings. The van der Waals surface area contributed by atoms with E-state index >= 15 is 0 Å². The lowest BCUT2D eigenvalue weighted by atomic mass is 9.84. The van der Waals surface area contributed by atoms with E-state index in [0.717, 1.165) is 17.1 Å². The SMILES string of the molecule is c1ccc(-c2cc(-c3ccccc3)cc(-c3c4ccccc4c(-c4ccc5ccccc5c4)c4cc(-n5c(-c6ccccc6)ccc5-c5ccccc5)ccc34)c2)cc1. The molecule has 0 bridgehead atoms. The maximum absolute atomic E-state index is 2.44. The number of fused-ring (bicyclic) bond motifs is 3. The number of hydrogen-bond acceptors (Lipinski definition) is 0. The minimum Gasteiger partial charge on any atom is -0.309 e. The van der Waals surface area contributed by atoms with Crippen molar-refractivity contribution in [2.75, 3.05) is 0 Å². The van der Waals surface area contributed by atoms with Crippen molar-refractivity contribution in [3.63, 3.8) is 0 Å². The van der Waals surface area contributed by atoms with Crippen LogP contribution < -0.4 is 0 Å². The fraction of sp³-hybridized carbons (Fsp3) is 0. The Morgan fingerprint density at radius 3 is 1.22 bits per heavy atom. The van der Waals surface area contributed by atoms with Crippen molar-refractivity contribution in [3.05, 3.63) is 237 Å². The molecule has 0 fully saturated rings. The summed E-state index contributed by atoms with van der Waals surface area (Å²) >= 11 is 0. The highest BCUT2D eigenvalue weighted by Gasteiger charge is 2.21. The molecule has 1 nitrogen and oxygen atoms in total. The maximum atomic E-state index is 2.44. The molecule has 1 heteroatoms. The molecule has 0 N–H and O–H groups in total. The third-order valence-electron chi connectivity index (χ3n) is 11.8. The summed E-state index contributed by atoms with van der Waals surface area (Å²) < 4.78 is 2.44. The van der Waals surface area contributed by atoms with Crippen LogP contribution in [0.1, 0.15) is 0 Å². The van der Waals surface area contributed by atoms with E-state index in [1.807, 2.05) is 0 Å². The lowest BCUT2D eigenvalue weighted by molar-refractivity contribution is 1.10. The zero-order valence-corrected chi connectivity index (χ0v) is 32.5. The zero-order valence-electron chi connectivity index (χ0n) is 32.5. The van der Waals surface area contributed by atoms with Gasteiger partial charge in [-0.3, -0.25) is 0 Å². The molecule has 11 rings (SSSR count). The first kappa shape index (κ1) is 34.5. The molecule has 0 saturated heterocycles. The third-order valence-corrected chi connectivity index (χ3v) is 11.8. The van der Waals surface area contributed by atoms with Gasteiger partial charge in [-0.1, -0.05) is 188 Å². The van der Waals surface area contributed by atoms with Crippen molar-refractivity contribution in [2.24, 2.45) is 0 Å². The summed E-state index contributed by atoms with van der Waals surface area (Å²) in [5, 5.41) is 7.36. The summed E-state index contributed by atoms with van der Waals surface area (Å²) in [7, 11) is 0. The summed E-state index contributed by atoms with van der Waals surface area (Å²) in [5.74, 6) is 0. The van der Waals surface area contributed by atoms with Crippen LogP contribution in [0.4, 0.5) is 0 Å². The van der Waals surface area contributed by atoms with Crippen LogP contribution in [0.15, 0.2) is 237 Å². The summed E-state index contributed by atoms with van der Waals surface area (Å²) in [5.41, 5.74) is 15.4. The summed E-state index contributed by atoms with van der Waals surface area (Å²) in [6.07, 6.45) is 0. The second kappa shape index (κ2) is 14.6. The van der Waals surface area contributed by atoms with Gasteiger partial charge < -0.3 is 4.57 Å². The number of benzene rings is 10. The molecule has 276 valence electrons. The molecule has 0 atom stereocenters. The molecule has 0 spiro atoms. The normalized spacial score (nSPS) is 11.4. The van der Waals surface area contributed by atoms with E-state index in [-0.39, 0.29) is 0 Å². The van der Waals surface area contributed by atoms with Gasteiger partial charge >= 0.3 is 0 Å². The predicted molar refractivity (Wildman–Crippen MR) is 251 cm³/mol. The molecule has 1 heterocycles. The van der Waals surface area contributed by atoms with Crippen molar-refractivity contribution in [3.8, 4) is 72.7 Å². The zero-order chi connectivity index (χ0) is 39.1. The Bertz CT molecular complexity index is 3170. The number of aromatic nitrogens is 1. The average Bonchev–Trinajstić information content (AvgIpc) is 3.77. The second-order valence-corrected chi connectivity index (χ2v) is 15.3. The van der Waals surface area contributed by atoms with Crippen LogP contribution in [0, 0.1) is 0 Å². The Labute approximate surface area is 344 Å². The van der Waals surface area contributed by atoms with Gasteiger partial charge in [-0.2, -0.15) is 0 Å². The molecular weight excluding hydrogens is 711 g/mol. The summed E-state index contributed by atoms with van der Waals surface area (Å²) in [6.45, 7) is 0. The second-order valence-electron chi connectivity index (χ2n) is 15.3. The van der Waals surface area contributed by atoms with Gasteiger partial charge in [0.15, 0.2) is 0 Å². The molecule has 0 unspecified atom stereocenters. The van der Waals surface area contributed by atoms with Gasteiger partial charge in [0.1, 0.15) is 0 Å². The van der Waals surface area contributed by atoms with E-state index in [9.17, 15) is 0 Å². The van der Waals surface area contributed by atoms with Crippen LogP contribution in [-0.2, 0) is 0 Å². The van der Waals surface area contributed by atoms with Crippen LogP contribution in [0.2, 0.25) is 0 Å². The van der Waals surface area contributed by atoms with Gasteiger partial charge in [0.25, 0.3) is 0 Å². The summed E-state index contributed by atoms with van der Waals surface area (Å²) in [6, 6.07) is 86.4. The molecule has 0 aliphatic carbocycles. The van der Waals surface area contributed by atoms with Crippen molar-refractivity contribution < 1.29 is 0 Å². The lowest BCUT2D eigenvalue weighted by Crippen LogP contribution is -2.00. The fourth-order valence-electron chi connectivity index (χ4n) is 9.02. The van der Waals surface area contributed by atoms with E-state index in [1.54, 1.807) is 0 Å². The number of rotatable bonds is 7. The average molecular weight is 750 g/mol. The largest absolute Gasteiger partial charge is 0.309 e. The minimum absolute atomic E-state index is 1.12. The van der Waals surface area contributed by atoms with Crippen LogP contribution >= 0.6 is 0 Å². The molecule has 0 saturated carbocycles. The van der Waals surface area contributed by atoms with Gasteiger partial charge in [0.2, 0.25) is 0 Å². The Hall–Kier alpha value is -7.74. The molecule has 10 aromatic carbocycles. The van der Waals surface area contributed by atoms with E-state index in [2.05, 4.69) is 241 Å². The van der Waals surface area contributed by atoms with Crippen LogP contribution in [-0.4, -0.2) is 4.57 Å². The van der Waals surface area contributed by atoms with Gasteiger partial charge in [-0.25, -0.2) is 0 Å². The Morgan fingerprint density at radius 2 is 0.661 bits per heavy atom. The fourth-order valence-corrected chi connectivity index (χ4v) is 9.02. The first-order valence-electron chi connectivity index (χ1n) is 20.3. The maximum Gasteiger partial charge on any atom is 0.0535 e. The molecule has 0 radical (unpaired) electrons. The minimum atomic E-state index is 1.12. The molecule has 0 aliphatic rings. The molecular formula is C58H39N. The smallest absolute Gasteiger partial charge is 0.0535 e. The van der Waals surface area contributed by atoms with E-state index in [0.29, 0.717) is 0 Å². The number of nitrogens with zero attached hydrogens (tertiary/aromatic N) is 1. The van der Waals surface area contributed by atoms with E-state index in [4.69, 9.17) is 0 Å². The summed E-state index contributed by atoms with van der Waals surface area (Å²) in [4.78, 5) is 0. The van der Waals surface area contributed by atoms with Gasteiger partial charge in [0, 0.05) is 5.69 Å². The van der Waals surface area contributed by atoms with Crippen molar-refractivity contribution in [2.45, 2.75) is 0 Å². The van der Waals surface area contributed by atoms with E-state index in [1.165, 1.54) is 88.0 Å². The first-order chi connectivity index (χ1) is 29.3. The van der Waals surface area contributed by atoms with E-state index < -0.39 is 0 Å². The molecule has 0 aliphatic heterocycles. The predicted octanol–water partition coefficient (Wildman–Crippen LogP) is 15.9. The standard InChI is InChI=1S/C58H39N/c1-5-17-40(18-6-1)47-36-48(41-19-7-2-8-20-41)38-49(37-47)58-52-28-16-15-27-51(52)57(46-30-29-42-21-13-14-26-45(42)35-46)54-39-50(31-32-53(54)58)59-55(43-22-9-3-10-23-43)33-34-56(59)44-24-11-4-12-25-44/h1-39H. The monoisotopic (exact) mass is 749 g/mol. The Balaban J connectivity index is 1.25. The quantitative estimate of drug-likeness (QED) is 0.143. The van der Waals surface area contributed by atoms with Crippen LogP contribution in [0.25, 0.3) is 105 Å². The highest BCUT2D eigenvalue weighted by molar-refractivity contribution is 6.22. The highest BCUT2D eigenvalue weighted by Crippen LogP contribution is 2.47. The molecule has 1 aromatic heterocycles. The van der Waals surface area contributed by atoms with Gasteiger partial charge in [-0.15, -0.1) is 0 Å². The van der Waals surface area contributed by atoms with Gasteiger partial charge in [0.05, 0.1) is 11.4 Å². The van der Waals surface area contributed by atoms with Crippen molar-refractivity contribution in [1.29, 1.82) is 0 Å². The third kappa shape index (κ3) is 6.21.